The standard InChI is InChI=1S/C13H13F4NO3/c1-2-18(7-6-10(19)20)12(21)8-4-3-5-9(11(8)14)13(15,16)17/h3-5H,2,6-7H2,1H3,(H,19,20). The zero-order valence-corrected chi connectivity index (χ0v) is 11.1. The molecule has 0 aliphatic heterocycles. The molecule has 1 aromatic rings. The largest absolute Gasteiger partial charge is 0.481 e. The van der Waals surface area contributed by atoms with Crippen LogP contribution in [0.1, 0.15) is 29.3 Å². The smallest absolute Gasteiger partial charge is 0.419 e. The summed E-state index contributed by atoms with van der Waals surface area (Å²) in [6.45, 7) is 1.37. The number of hydrogen-bond donors (Lipinski definition) is 1. The van der Waals surface area contributed by atoms with E-state index in [1.807, 2.05) is 0 Å². The Bertz CT molecular complexity index is 543. The van der Waals surface area contributed by atoms with Crippen molar-refractivity contribution in [3.63, 3.8) is 0 Å². The second kappa shape index (κ2) is 6.55. The van der Waals surface area contributed by atoms with Crippen molar-refractivity contribution in [3.8, 4) is 0 Å². The molecule has 0 saturated carbocycles. The second-order valence-electron chi connectivity index (χ2n) is 4.19. The van der Waals surface area contributed by atoms with E-state index in [2.05, 4.69) is 0 Å². The van der Waals surface area contributed by atoms with Crippen LogP contribution in [-0.2, 0) is 11.0 Å². The van der Waals surface area contributed by atoms with Gasteiger partial charge in [0.05, 0.1) is 17.5 Å². The third kappa shape index (κ3) is 4.17. The van der Waals surface area contributed by atoms with Crippen LogP contribution in [0.2, 0.25) is 0 Å². The number of carboxylic acids is 1. The highest BCUT2D eigenvalue weighted by molar-refractivity contribution is 5.95. The Balaban J connectivity index is 3.09. The molecule has 1 N–H and O–H groups in total. The van der Waals surface area contributed by atoms with Crippen LogP contribution in [0, 0.1) is 5.82 Å². The molecule has 0 aliphatic rings. The average Bonchev–Trinajstić information content (AvgIpc) is 2.37. The number of carbonyl (C=O) groups is 2. The fraction of sp³-hybridized carbons (Fsp3) is 0.385. The van der Waals surface area contributed by atoms with Crippen LogP contribution < -0.4 is 0 Å². The summed E-state index contributed by atoms with van der Waals surface area (Å²) in [5.41, 5.74) is -2.25. The Morgan fingerprint density at radius 2 is 1.90 bits per heavy atom. The number of benzene rings is 1. The summed E-state index contributed by atoms with van der Waals surface area (Å²) in [7, 11) is 0. The van der Waals surface area contributed by atoms with Gasteiger partial charge in [0.15, 0.2) is 0 Å². The van der Waals surface area contributed by atoms with E-state index in [4.69, 9.17) is 5.11 Å². The van der Waals surface area contributed by atoms with E-state index < -0.39 is 35.0 Å². The molecule has 0 radical (unpaired) electrons. The first-order valence-corrected chi connectivity index (χ1v) is 6.05. The summed E-state index contributed by atoms with van der Waals surface area (Å²) in [5.74, 6) is -3.78. The Hall–Kier alpha value is -2.12. The number of hydrogen-bond acceptors (Lipinski definition) is 2. The van der Waals surface area contributed by atoms with Crippen molar-refractivity contribution in [3.05, 3.63) is 35.1 Å². The molecule has 0 bridgehead atoms. The van der Waals surface area contributed by atoms with E-state index in [9.17, 15) is 27.2 Å². The summed E-state index contributed by atoms with van der Waals surface area (Å²) >= 11 is 0. The zero-order valence-electron chi connectivity index (χ0n) is 11.1. The highest BCUT2D eigenvalue weighted by Crippen LogP contribution is 2.32. The monoisotopic (exact) mass is 307 g/mol. The van der Waals surface area contributed by atoms with Gasteiger partial charge in [0.25, 0.3) is 5.91 Å². The Labute approximate surface area is 118 Å². The van der Waals surface area contributed by atoms with Crippen molar-refractivity contribution in [1.29, 1.82) is 0 Å². The highest BCUT2D eigenvalue weighted by atomic mass is 19.4. The van der Waals surface area contributed by atoms with Gasteiger partial charge in [0.2, 0.25) is 0 Å². The van der Waals surface area contributed by atoms with E-state index >= 15 is 0 Å². The van der Waals surface area contributed by atoms with E-state index in [0.29, 0.717) is 6.07 Å². The van der Waals surface area contributed by atoms with E-state index in [-0.39, 0.29) is 19.5 Å². The van der Waals surface area contributed by atoms with Crippen molar-refractivity contribution in [2.75, 3.05) is 13.1 Å². The van der Waals surface area contributed by atoms with E-state index in [1.54, 1.807) is 0 Å². The zero-order chi connectivity index (χ0) is 16.2. The maximum atomic E-state index is 13.8. The molecule has 0 atom stereocenters. The topological polar surface area (TPSA) is 57.6 Å². The molecule has 0 spiro atoms. The minimum atomic E-state index is -4.90. The Morgan fingerprint density at radius 3 is 2.38 bits per heavy atom. The summed E-state index contributed by atoms with van der Waals surface area (Å²) in [6, 6.07) is 2.42. The molecule has 1 rings (SSSR count). The molecule has 0 heterocycles. The molecule has 1 amide bonds. The number of alkyl halides is 3. The van der Waals surface area contributed by atoms with Crippen molar-refractivity contribution in [2.24, 2.45) is 0 Å². The second-order valence-corrected chi connectivity index (χ2v) is 4.19. The lowest BCUT2D eigenvalue weighted by molar-refractivity contribution is -0.140. The van der Waals surface area contributed by atoms with Crippen LogP contribution in [0.3, 0.4) is 0 Å². The van der Waals surface area contributed by atoms with E-state index in [1.165, 1.54) is 6.92 Å². The van der Waals surface area contributed by atoms with Gasteiger partial charge in [-0.3, -0.25) is 9.59 Å². The first-order valence-electron chi connectivity index (χ1n) is 6.05. The highest BCUT2D eigenvalue weighted by Gasteiger charge is 2.36. The molecular weight excluding hydrogens is 294 g/mol. The SMILES string of the molecule is CCN(CCC(=O)O)C(=O)c1cccc(C(F)(F)F)c1F. The number of amides is 1. The molecule has 4 nitrogen and oxygen atoms in total. The van der Waals surface area contributed by atoms with Crippen LogP contribution in [0.4, 0.5) is 17.6 Å². The summed E-state index contributed by atoms with van der Waals surface area (Å²) in [6.07, 6.45) is -5.28. The van der Waals surface area contributed by atoms with Crippen molar-refractivity contribution < 1.29 is 32.3 Å². The first-order chi connectivity index (χ1) is 9.68. The van der Waals surface area contributed by atoms with Crippen LogP contribution >= 0.6 is 0 Å². The van der Waals surface area contributed by atoms with Crippen molar-refractivity contribution in [2.45, 2.75) is 19.5 Å². The molecule has 0 unspecified atom stereocenters. The maximum Gasteiger partial charge on any atom is 0.419 e. The molecule has 0 aromatic heterocycles. The average molecular weight is 307 g/mol. The molecule has 116 valence electrons. The number of rotatable bonds is 5. The van der Waals surface area contributed by atoms with Crippen molar-refractivity contribution in [1.82, 2.24) is 4.90 Å². The maximum absolute atomic E-state index is 13.8. The minimum Gasteiger partial charge on any atom is -0.481 e. The first kappa shape index (κ1) is 16.9. The minimum absolute atomic E-state index is 0.0573. The van der Waals surface area contributed by atoms with Crippen molar-refractivity contribution >= 4 is 11.9 Å². The predicted molar refractivity (Wildman–Crippen MR) is 65.2 cm³/mol. The molecule has 8 heteroatoms. The van der Waals surface area contributed by atoms with Gasteiger partial charge in [-0.15, -0.1) is 0 Å². The summed E-state index contributed by atoms with van der Waals surface area (Å²) in [4.78, 5) is 23.5. The fourth-order valence-corrected chi connectivity index (χ4v) is 1.72. The number of carboxylic acid groups (broad SMARTS) is 1. The molecule has 0 aliphatic carbocycles. The molecular formula is C13H13F4NO3. The predicted octanol–water partition coefficient (Wildman–Crippen LogP) is 2.78. The van der Waals surface area contributed by atoms with Gasteiger partial charge in [0.1, 0.15) is 5.82 Å². The summed E-state index contributed by atoms with van der Waals surface area (Å²) < 4.78 is 51.6. The van der Waals surface area contributed by atoms with E-state index in [0.717, 1.165) is 17.0 Å². The van der Waals surface area contributed by atoms with Gasteiger partial charge in [-0.25, -0.2) is 4.39 Å². The molecule has 0 saturated heterocycles. The summed E-state index contributed by atoms with van der Waals surface area (Å²) in [5, 5.41) is 8.55. The number of nitrogens with zero attached hydrogens (tertiary/aromatic N) is 1. The lowest BCUT2D eigenvalue weighted by Crippen LogP contribution is -2.33. The van der Waals surface area contributed by atoms with Gasteiger partial charge in [-0.1, -0.05) is 6.07 Å². The third-order valence-corrected chi connectivity index (χ3v) is 2.80. The Morgan fingerprint density at radius 1 is 1.29 bits per heavy atom. The van der Waals surface area contributed by atoms with Gasteiger partial charge >= 0.3 is 12.1 Å². The number of carbonyl (C=O) groups excluding carboxylic acids is 1. The fourth-order valence-electron chi connectivity index (χ4n) is 1.72. The lowest BCUT2D eigenvalue weighted by atomic mass is 10.1. The van der Waals surface area contributed by atoms with Gasteiger partial charge in [-0.05, 0) is 19.1 Å². The molecule has 1 aromatic carbocycles. The Kier molecular flexibility index (Phi) is 5.28. The van der Waals surface area contributed by atoms with Gasteiger partial charge in [0, 0.05) is 13.1 Å². The number of halogens is 4. The van der Waals surface area contributed by atoms with Gasteiger partial charge < -0.3 is 10.0 Å². The molecule has 21 heavy (non-hydrogen) atoms. The lowest BCUT2D eigenvalue weighted by Gasteiger charge is -2.21. The van der Waals surface area contributed by atoms with Crippen LogP contribution in [-0.4, -0.2) is 35.0 Å². The van der Waals surface area contributed by atoms with Crippen LogP contribution in [0.25, 0.3) is 0 Å². The quantitative estimate of drug-likeness (QED) is 0.851. The third-order valence-electron chi connectivity index (χ3n) is 2.80. The normalized spacial score (nSPS) is 11.3. The van der Waals surface area contributed by atoms with Crippen LogP contribution in [0.15, 0.2) is 18.2 Å². The van der Waals surface area contributed by atoms with Crippen LogP contribution in [0.5, 0.6) is 0 Å². The molecule has 0 fully saturated rings. The van der Waals surface area contributed by atoms with Gasteiger partial charge in [-0.2, -0.15) is 13.2 Å². The number of aliphatic carboxylic acids is 1.